The molecule has 1 aromatic carbocycles. The van der Waals surface area contributed by atoms with Crippen LogP contribution in [0.2, 0.25) is 0 Å². The number of hydrogen-bond donors (Lipinski definition) is 5. The summed E-state index contributed by atoms with van der Waals surface area (Å²) in [6.45, 7) is 2.34. The number of fused-ring (bicyclic) bond motifs is 1. The second kappa shape index (κ2) is 9.57. The molecule has 12 heteroatoms. The van der Waals surface area contributed by atoms with Crippen LogP contribution in [0.4, 0.5) is 5.82 Å². The minimum absolute atomic E-state index is 0.104. The van der Waals surface area contributed by atoms with Crippen LogP contribution in [0.1, 0.15) is 30.5 Å². The van der Waals surface area contributed by atoms with Gasteiger partial charge in [-0.25, -0.2) is 19.8 Å². The highest BCUT2D eigenvalue weighted by Gasteiger charge is 2.43. The topological polar surface area (TPSA) is 179 Å². The van der Waals surface area contributed by atoms with Crippen LogP contribution in [-0.2, 0) is 10.2 Å². The molecule has 0 saturated heterocycles. The van der Waals surface area contributed by atoms with E-state index in [1.54, 1.807) is 10.8 Å². The van der Waals surface area contributed by atoms with Crippen molar-refractivity contribution in [1.82, 2.24) is 19.3 Å². The average molecular weight is 487 g/mol. The van der Waals surface area contributed by atoms with Gasteiger partial charge in [-0.1, -0.05) is 17.9 Å². The number of aliphatic hydroxyl groups excluding tert-OH is 2. The van der Waals surface area contributed by atoms with E-state index >= 15 is 0 Å². The summed E-state index contributed by atoms with van der Waals surface area (Å²) in [4.78, 5) is 8.40. The van der Waals surface area contributed by atoms with Crippen molar-refractivity contribution >= 4 is 27.1 Å². The van der Waals surface area contributed by atoms with Crippen LogP contribution in [0.25, 0.3) is 11.0 Å². The van der Waals surface area contributed by atoms with Crippen LogP contribution in [0, 0.1) is 17.8 Å². The first-order chi connectivity index (χ1) is 16.2. The van der Waals surface area contributed by atoms with Crippen molar-refractivity contribution in [2.75, 3.05) is 18.9 Å². The molecule has 2 aromatic heterocycles. The first-order valence-corrected chi connectivity index (χ1v) is 12.2. The predicted molar refractivity (Wildman–Crippen MR) is 126 cm³/mol. The molecule has 4 rings (SSSR count). The van der Waals surface area contributed by atoms with Gasteiger partial charge in [-0.2, -0.15) is 8.42 Å². The molecule has 11 nitrogen and oxygen atoms in total. The van der Waals surface area contributed by atoms with Crippen LogP contribution in [-0.4, -0.2) is 58.5 Å². The lowest BCUT2D eigenvalue weighted by Crippen LogP contribution is -2.38. The Bertz CT molecular complexity index is 1360. The van der Waals surface area contributed by atoms with E-state index in [1.807, 2.05) is 31.2 Å². The molecule has 1 aliphatic carbocycles. The number of benzene rings is 1. The molecule has 180 valence electrons. The third-order valence-electron chi connectivity index (χ3n) is 5.80. The Morgan fingerprint density at radius 1 is 1.26 bits per heavy atom. The van der Waals surface area contributed by atoms with Crippen molar-refractivity contribution in [3.05, 3.63) is 47.9 Å². The Morgan fingerprint density at radius 3 is 2.79 bits per heavy atom. The molecule has 1 fully saturated rings. The number of nitrogens with two attached hydrogens (primary N) is 2. The molecule has 0 radical (unpaired) electrons. The lowest BCUT2D eigenvalue weighted by atomic mass is 10.1. The van der Waals surface area contributed by atoms with Crippen LogP contribution < -0.4 is 20.3 Å². The zero-order valence-corrected chi connectivity index (χ0v) is 19.2. The largest absolute Gasteiger partial charge is 0.494 e. The number of nitrogens with zero attached hydrogens (tertiary/aromatic N) is 3. The fraction of sp³-hybridized carbons (Fsp3) is 0.364. The van der Waals surface area contributed by atoms with E-state index in [0.29, 0.717) is 29.0 Å². The molecular formula is C22H26N6O5S. The molecule has 4 atom stereocenters. The number of ether oxygens (including phenoxy) is 1. The van der Waals surface area contributed by atoms with E-state index in [0.717, 1.165) is 5.56 Å². The van der Waals surface area contributed by atoms with Gasteiger partial charge in [-0.3, -0.25) is 0 Å². The summed E-state index contributed by atoms with van der Waals surface area (Å²) in [7, 11) is -3.93. The molecule has 0 aliphatic heterocycles. The summed E-state index contributed by atoms with van der Waals surface area (Å²) < 4.78 is 31.9. The zero-order valence-electron chi connectivity index (χ0n) is 18.4. The second-order valence-electron chi connectivity index (χ2n) is 8.06. The highest BCUT2D eigenvalue weighted by atomic mass is 32.2. The lowest BCUT2D eigenvalue weighted by Gasteiger charge is -2.18. The summed E-state index contributed by atoms with van der Waals surface area (Å²) in [5.74, 6) is 6.59. The van der Waals surface area contributed by atoms with Gasteiger partial charge in [0, 0.05) is 24.2 Å². The van der Waals surface area contributed by atoms with Gasteiger partial charge in [-0.05, 0) is 31.5 Å². The van der Waals surface area contributed by atoms with Gasteiger partial charge in [-0.15, -0.1) is 0 Å². The highest BCUT2D eigenvalue weighted by Crippen LogP contribution is 2.38. The van der Waals surface area contributed by atoms with Crippen molar-refractivity contribution in [1.29, 1.82) is 0 Å². The lowest BCUT2D eigenvalue weighted by molar-refractivity contribution is 0.00769. The number of aliphatic hydroxyl groups is 2. The van der Waals surface area contributed by atoms with Crippen molar-refractivity contribution in [2.45, 2.75) is 31.6 Å². The number of nitrogen functional groups attached to an aromatic ring is 1. The van der Waals surface area contributed by atoms with Crippen molar-refractivity contribution in [3.63, 3.8) is 0 Å². The van der Waals surface area contributed by atoms with Gasteiger partial charge in [0.1, 0.15) is 29.6 Å². The Morgan fingerprint density at radius 2 is 2.06 bits per heavy atom. The molecule has 0 amide bonds. The van der Waals surface area contributed by atoms with Crippen molar-refractivity contribution < 1.29 is 23.4 Å². The predicted octanol–water partition coefficient (Wildman–Crippen LogP) is -0.112. The Labute approximate surface area is 196 Å². The summed E-state index contributed by atoms with van der Waals surface area (Å²) in [6.07, 6.45) is 0.983. The van der Waals surface area contributed by atoms with Crippen molar-refractivity contribution in [3.8, 4) is 17.6 Å². The fourth-order valence-corrected chi connectivity index (χ4v) is 4.67. The first-order valence-electron chi connectivity index (χ1n) is 10.7. The van der Waals surface area contributed by atoms with E-state index < -0.39 is 34.4 Å². The highest BCUT2D eigenvalue weighted by molar-refractivity contribution is 7.87. The van der Waals surface area contributed by atoms with Crippen molar-refractivity contribution in [2.24, 2.45) is 11.1 Å². The van der Waals surface area contributed by atoms with Gasteiger partial charge in [0.05, 0.1) is 29.7 Å². The Balaban J connectivity index is 1.70. The van der Waals surface area contributed by atoms with Crippen LogP contribution in [0.3, 0.4) is 0 Å². The maximum Gasteiger partial charge on any atom is 0.274 e. The smallest absolute Gasteiger partial charge is 0.274 e. The Hall–Kier alpha value is -3.21. The quantitative estimate of drug-likeness (QED) is 0.299. The van der Waals surface area contributed by atoms with E-state index in [4.69, 9.17) is 15.6 Å². The molecule has 2 heterocycles. The van der Waals surface area contributed by atoms with Crippen LogP contribution in [0.15, 0.2) is 36.8 Å². The number of rotatable bonds is 6. The molecule has 3 aromatic rings. The van der Waals surface area contributed by atoms with E-state index in [1.165, 1.54) is 6.33 Å². The fourth-order valence-electron chi connectivity index (χ4n) is 4.23. The molecule has 1 saturated carbocycles. The van der Waals surface area contributed by atoms with E-state index in [2.05, 4.69) is 26.5 Å². The van der Waals surface area contributed by atoms with Gasteiger partial charge in [0.25, 0.3) is 10.2 Å². The maximum absolute atomic E-state index is 11.3. The zero-order chi connectivity index (χ0) is 24.5. The second-order valence-corrected chi connectivity index (χ2v) is 9.43. The Kier molecular flexibility index (Phi) is 6.74. The SMILES string of the molecule is CCOc1cccc(C#Cc2cn([C@@H]3C[C@H](CNS(N)(=O)=O)[C@@H](O)[C@H]3O)c3ncnc(N)c23)c1. The van der Waals surface area contributed by atoms with Crippen LogP contribution in [0.5, 0.6) is 5.75 Å². The number of nitrogens with one attached hydrogen (secondary N) is 1. The minimum Gasteiger partial charge on any atom is -0.494 e. The molecule has 0 spiro atoms. The number of aromatic nitrogens is 3. The minimum atomic E-state index is -3.93. The molecule has 0 bridgehead atoms. The number of hydrogen-bond acceptors (Lipinski definition) is 8. The van der Waals surface area contributed by atoms with E-state index in [-0.39, 0.29) is 18.8 Å². The molecule has 0 unspecified atom stereocenters. The van der Waals surface area contributed by atoms with Gasteiger partial charge >= 0.3 is 0 Å². The molecular weight excluding hydrogens is 460 g/mol. The molecule has 1 aliphatic rings. The van der Waals surface area contributed by atoms with Gasteiger partial charge in [0.2, 0.25) is 0 Å². The normalized spacial score (nSPS) is 22.5. The third kappa shape index (κ3) is 4.98. The summed E-state index contributed by atoms with van der Waals surface area (Å²) in [6, 6.07) is 6.79. The standard InChI is InChI=1S/C22H26N6O5S/c1-2-33-16-5-3-4-13(8-16)6-7-14-11-28(22-18(14)21(23)25-12-26-22)17-9-15(19(29)20(17)30)10-27-34(24,31)32/h3-5,8,11-12,15,17,19-20,27,29-30H,2,9-10H2,1H3,(H2,23,25,26)(H2,24,31,32)/t15-,17-,19-,20+/m1/s1. The van der Waals surface area contributed by atoms with Gasteiger partial charge < -0.3 is 25.3 Å². The summed E-state index contributed by atoms with van der Waals surface area (Å²) in [5.41, 5.74) is 7.89. The summed E-state index contributed by atoms with van der Waals surface area (Å²) in [5, 5.41) is 26.8. The maximum atomic E-state index is 11.3. The first kappa shape index (κ1) is 23.9. The van der Waals surface area contributed by atoms with E-state index in [9.17, 15) is 18.6 Å². The summed E-state index contributed by atoms with van der Waals surface area (Å²) >= 11 is 0. The monoisotopic (exact) mass is 486 g/mol. The average Bonchev–Trinajstić information content (AvgIpc) is 3.29. The number of anilines is 1. The molecule has 7 N–H and O–H groups in total. The van der Waals surface area contributed by atoms with Crippen LogP contribution >= 0.6 is 0 Å². The molecule has 34 heavy (non-hydrogen) atoms. The third-order valence-corrected chi connectivity index (χ3v) is 6.37. The van der Waals surface area contributed by atoms with Gasteiger partial charge in [0.15, 0.2) is 0 Å².